The van der Waals surface area contributed by atoms with E-state index in [2.05, 4.69) is 10.5 Å². The van der Waals surface area contributed by atoms with E-state index in [1.165, 1.54) is 0 Å². The van der Waals surface area contributed by atoms with E-state index in [4.69, 9.17) is 27.9 Å². The molecule has 108 valence electrons. The molecular weight excluding hydrogens is 278 g/mol. The Labute approximate surface area is 122 Å². The summed E-state index contributed by atoms with van der Waals surface area (Å²) in [5, 5.41) is 4.77. The second-order valence-electron chi connectivity index (χ2n) is 4.49. The third kappa shape index (κ3) is 2.87. The number of ether oxygens (including phenoxy) is 1. The molecule has 0 radical (unpaired) electrons. The van der Waals surface area contributed by atoms with Crippen molar-refractivity contribution in [3.63, 3.8) is 0 Å². The van der Waals surface area contributed by atoms with Crippen LogP contribution in [0.4, 0.5) is 5.82 Å². The number of anilines is 1. The van der Waals surface area contributed by atoms with Crippen molar-refractivity contribution < 1.29 is 4.74 Å². The van der Waals surface area contributed by atoms with Gasteiger partial charge in [0.15, 0.2) is 0 Å². The Morgan fingerprint density at radius 1 is 1.50 bits per heavy atom. The Morgan fingerprint density at radius 2 is 2.25 bits per heavy atom. The topological polar surface area (TPSA) is 91.1 Å². The first-order valence-electron chi connectivity index (χ1n) is 6.12. The lowest BCUT2D eigenvalue weighted by molar-refractivity contribution is 0.405. The van der Waals surface area contributed by atoms with Crippen molar-refractivity contribution in [2.45, 2.75) is 12.5 Å². The standard InChI is InChI=1S/C13H18ClN5O/c1-19-13(15)10(7-17-19)11(18-16)6-8-5-9(14)3-4-12(8)20-2/h3-5,7,11,18H,6,15-16H2,1-2H3. The van der Waals surface area contributed by atoms with Gasteiger partial charge in [-0.2, -0.15) is 5.10 Å². The minimum absolute atomic E-state index is 0.170. The molecule has 2 rings (SSSR count). The van der Waals surface area contributed by atoms with Crippen LogP contribution in [-0.2, 0) is 13.5 Å². The summed E-state index contributed by atoms with van der Waals surface area (Å²) in [5.41, 5.74) is 10.5. The van der Waals surface area contributed by atoms with Gasteiger partial charge >= 0.3 is 0 Å². The molecule has 1 heterocycles. The van der Waals surface area contributed by atoms with Crippen molar-refractivity contribution in [2.24, 2.45) is 12.9 Å². The summed E-state index contributed by atoms with van der Waals surface area (Å²) in [6.45, 7) is 0. The number of benzene rings is 1. The predicted octanol–water partition coefficient (Wildman–Crippen LogP) is 1.41. The summed E-state index contributed by atoms with van der Waals surface area (Å²) in [7, 11) is 3.41. The number of aryl methyl sites for hydroxylation is 1. The highest BCUT2D eigenvalue weighted by atomic mass is 35.5. The number of nitrogen functional groups attached to an aromatic ring is 1. The van der Waals surface area contributed by atoms with Crippen molar-refractivity contribution in [2.75, 3.05) is 12.8 Å². The Morgan fingerprint density at radius 3 is 2.80 bits per heavy atom. The minimum atomic E-state index is -0.170. The first-order chi connectivity index (χ1) is 9.56. The van der Waals surface area contributed by atoms with Crippen molar-refractivity contribution in [1.82, 2.24) is 15.2 Å². The molecule has 7 heteroatoms. The third-order valence-electron chi connectivity index (χ3n) is 3.26. The number of hydrogen-bond acceptors (Lipinski definition) is 5. The summed E-state index contributed by atoms with van der Waals surface area (Å²) >= 11 is 6.03. The molecule has 0 aliphatic heterocycles. The van der Waals surface area contributed by atoms with E-state index in [1.54, 1.807) is 31.1 Å². The van der Waals surface area contributed by atoms with Crippen LogP contribution in [0.1, 0.15) is 17.2 Å². The van der Waals surface area contributed by atoms with Gasteiger partial charge in [0.2, 0.25) is 0 Å². The third-order valence-corrected chi connectivity index (χ3v) is 3.49. The number of aromatic nitrogens is 2. The van der Waals surface area contributed by atoms with E-state index in [-0.39, 0.29) is 6.04 Å². The molecule has 1 aromatic heterocycles. The highest BCUT2D eigenvalue weighted by molar-refractivity contribution is 6.30. The number of hydrazine groups is 1. The van der Waals surface area contributed by atoms with Gasteiger partial charge in [-0.05, 0) is 30.2 Å². The van der Waals surface area contributed by atoms with Gasteiger partial charge in [0.1, 0.15) is 11.6 Å². The van der Waals surface area contributed by atoms with Crippen LogP contribution in [-0.4, -0.2) is 16.9 Å². The first kappa shape index (κ1) is 14.6. The molecule has 0 saturated carbocycles. The predicted molar refractivity (Wildman–Crippen MR) is 79.4 cm³/mol. The summed E-state index contributed by atoms with van der Waals surface area (Å²) < 4.78 is 6.94. The van der Waals surface area contributed by atoms with Gasteiger partial charge in [0, 0.05) is 17.6 Å². The van der Waals surface area contributed by atoms with E-state index in [1.807, 2.05) is 12.1 Å². The first-order valence-corrected chi connectivity index (χ1v) is 6.50. The molecule has 20 heavy (non-hydrogen) atoms. The Hall–Kier alpha value is -1.76. The number of halogens is 1. The van der Waals surface area contributed by atoms with Crippen LogP contribution < -0.4 is 21.7 Å². The van der Waals surface area contributed by atoms with Crippen LogP contribution in [0.2, 0.25) is 5.02 Å². The van der Waals surface area contributed by atoms with Gasteiger partial charge in [0.05, 0.1) is 19.3 Å². The van der Waals surface area contributed by atoms with E-state index in [9.17, 15) is 0 Å². The zero-order valence-electron chi connectivity index (χ0n) is 11.4. The van der Waals surface area contributed by atoms with Crippen LogP contribution in [0, 0.1) is 0 Å². The van der Waals surface area contributed by atoms with Crippen molar-refractivity contribution in [3.8, 4) is 5.75 Å². The van der Waals surface area contributed by atoms with Gasteiger partial charge in [0.25, 0.3) is 0 Å². The molecule has 1 unspecified atom stereocenters. The molecule has 1 atom stereocenters. The molecule has 0 saturated heterocycles. The Balaban J connectivity index is 2.31. The lowest BCUT2D eigenvalue weighted by atomic mass is 10.0. The van der Waals surface area contributed by atoms with E-state index in [0.717, 1.165) is 16.9 Å². The second-order valence-corrected chi connectivity index (χ2v) is 4.92. The monoisotopic (exact) mass is 295 g/mol. The van der Waals surface area contributed by atoms with Crippen LogP contribution >= 0.6 is 11.6 Å². The van der Waals surface area contributed by atoms with Crippen molar-refractivity contribution in [1.29, 1.82) is 0 Å². The maximum Gasteiger partial charge on any atom is 0.126 e. The fourth-order valence-electron chi connectivity index (χ4n) is 2.12. The number of nitrogens with one attached hydrogen (secondary N) is 1. The van der Waals surface area contributed by atoms with Gasteiger partial charge < -0.3 is 10.5 Å². The zero-order chi connectivity index (χ0) is 14.7. The van der Waals surface area contributed by atoms with Gasteiger partial charge in [-0.1, -0.05) is 11.6 Å². The average Bonchev–Trinajstić information content (AvgIpc) is 2.77. The lowest BCUT2D eigenvalue weighted by Gasteiger charge is -2.17. The number of methoxy groups -OCH3 is 1. The van der Waals surface area contributed by atoms with Gasteiger partial charge in [-0.25, -0.2) is 0 Å². The van der Waals surface area contributed by atoms with Crippen LogP contribution in [0.25, 0.3) is 0 Å². The minimum Gasteiger partial charge on any atom is -0.496 e. The molecule has 0 aliphatic rings. The summed E-state index contributed by atoms with van der Waals surface area (Å²) in [4.78, 5) is 0. The molecule has 6 nitrogen and oxygen atoms in total. The number of rotatable bonds is 5. The summed E-state index contributed by atoms with van der Waals surface area (Å²) in [6.07, 6.45) is 2.30. The summed E-state index contributed by atoms with van der Waals surface area (Å²) in [5.74, 6) is 6.98. The number of nitrogens with two attached hydrogens (primary N) is 2. The fourth-order valence-corrected chi connectivity index (χ4v) is 2.31. The lowest BCUT2D eigenvalue weighted by Crippen LogP contribution is -2.30. The highest BCUT2D eigenvalue weighted by Gasteiger charge is 2.18. The van der Waals surface area contributed by atoms with Crippen molar-refractivity contribution in [3.05, 3.63) is 40.5 Å². The van der Waals surface area contributed by atoms with E-state index >= 15 is 0 Å². The normalized spacial score (nSPS) is 12.4. The number of hydrogen-bond donors (Lipinski definition) is 3. The molecular formula is C13H18ClN5O. The van der Waals surface area contributed by atoms with Gasteiger partial charge in [-0.3, -0.25) is 16.0 Å². The fraction of sp³-hybridized carbons (Fsp3) is 0.308. The maximum atomic E-state index is 6.03. The zero-order valence-corrected chi connectivity index (χ0v) is 12.2. The SMILES string of the molecule is COc1ccc(Cl)cc1CC(NN)c1cnn(C)c1N. The largest absolute Gasteiger partial charge is 0.496 e. The van der Waals surface area contributed by atoms with Crippen LogP contribution in [0.15, 0.2) is 24.4 Å². The van der Waals surface area contributed by atoms with Crippen LogP contribution in [0.3, 0.4) is 0 Å². The van der Waals surface area contributed by atoms with Crippen LogP contribution in [0.5, 0.6) is 5.75 Å². The molecule has 0 spiro atoms. The molecule has 0 bridgehead atoms. The average molecular weight is 296 g/mol. The summed E-state index contributed by atoms with van der Waals surface area (Å²) in [6, 6.07) is 5.30. The molecule has 0 amide bonds. The Kier molecular flexibility index (Phi) is 4.49. The van der Waals surface area contributed by atoms with Crippen molar-refractivity contribution >= 4 is 17.4 Å². The number of nitrogens with zero attached hydrogens (tertiary/aromatic N) is 2. The Bertz CT molecular complexity index is 598. The molecule has 0 fully saturated rings. The molecule has 5 N–H and O–H groups in total. The molecule has 1 aromatic carbocycles. The van der Waals surface area contributed by atoms with E-state index < -0.39 is 0 Å². The maximum absolute atomic E-state index is 6.03. The van der Waals surface area contributed by atoms with Gasteiger partial charge in [-0.15, -0.1) is 0 Å². The second kappa shape index (κ2) is 6.13. The molecule has 2 aromatic rings. The quantitative estimate of drug-likeness (QED) is 0.573. The smallest absolute Gasteiger partial charge is 0.126 e. The molecule has 0 aliphatic carbocycles. The highest BCUT2D eigenvalue weighted by Crippen LogP contribution is 2.29. The van der Waals surface area contributed by atoms with E-state index in [0.29, 0.717) is 17.3 Å².